The molecule has 3 nitrogen and oxygen atoms in total. The van der Waals surface area contributed by atoms with Crippen molar-refractivity contribution in [2.24, 2.45) is 0 Å². The maximum atomic E-state index is 13.7. The molecule has 1 rings (SSSR count). The lowest BCUT2D eigenvalue weighted by Gasteiger charge is -2.27. The zero-order chi connectivity index (χ0) is 9.90. The van der Waals surface area contributed by atoms with Crippen molar-refractivity contribution in [1.82, 2.24) is 15.3 Å². The second-order valence-corrected chi connectivity index (χ2v) is 3.46. The molecule has 0 radical (unpaired) electrons. The van der Waals surface area contributed by atoms with E-state index in [1.54, 1.807) is 20.9 Å². The van der Waals surface area contributed by atoms with Gasteiger partial charge >= 0.3 is 0 Å². The molecule has 0 spiro atoms. The fourth-order valence-electron chi connectivity index (χ4n) is 0.938. The van der Waals surface area contributed by atoms with E-state index in [1.807, 2.05) is 0 Å². The summed E-state index contributed by atoms with van der Waals surface area (Å²) >= 11 is 0. The minimum absolute atomic E-state index is 0.363. The fourth-order valence-corrected chi connectivity index (χ4v) is 0.938. The summed E-state index contributed by atoms with van der Waals surface area (Å²) in [6.07, 6.45) is 3.33. The Labute approximate surface area is 77.4 Å². The Kier molecular flexibility index (Phi) is 2.93. The number of hydrogen-bond donors (Lipinski definition) is 1. The van der Waals surface area contributed by atoms with Gasteiger partial charge in [0.25, 0.3) is 0 Å². The summed E-state index contributed by atoms with van der Waals surface area (Å²) in [6, 6.07) is 0. The van der Waals surface area contributed by atoms with Crippen LogP contribution in [0.3, 0.4) is 0 Å². The number of hydrogen-bond acceptors (Lipinski definition) is 3. The SMILES string of the molecule is CNC(C)(C)C(F)c1cnccn1. The molecule has 0 saturated carbocycles. The molecule has 72 valence electrons. The standard InChI is InChI=1S/C9H14FN3/c1-9(2,11-3)8(10)7-6-12-4-5-13-7/h4-6,8,11H,1-3H3. The molecule has 0 fully saturated rings. The largest absolute Gasteiger partial charge is 0.312 e. The predicted molar refractivity (Wildman–Crippen MR) is 49.0 cm³/mol. The van der Waals surface area contributed by atoms with Crippen LogP contribution in [0.15, 0.2) is 18.6 Å². The first-order chi connectivity index (χ1) is 6.08. The summed E-state index contributed by atoms with van der Waals surface area (Å²) < 4.78 is 13.7. The van der Waals surface area contributed by atoms with Crippen LogP contribution in [0.4, 0.5) is 4.39 Å². The molecule has 1 aromatic heterocycles. The van der Waals surface area contributed by atoms with Crippen LogP contribution in [-0.4, -0.2) is 22.6 Å². The van der Waals surface area contributed by atoms with Crippen molar-refractivity contribution in [3.05, 3.63) is 24.3 Å². The molecular weight excluding hydrogens is 169 g/mol. The molecule has 1 aromatic rings. The van der Waals surface area contributed by atoms with Crippen LogP contribution in [-0.2, 0) is 0 Å². The summed E-state index contributed by atoms with van der Waals surface area (Å²) in [4.78, 5) is 7.74. The highest BCUT2D eigenvalue weighted by molar-refractivity contribution is 5.06. The smallest absolute Gasteiger partial charge is 0.161 e. The minimum atomic E-state index is -1.15. The number of likely N-dealkylation sites (N-methyl/N-ethyl adjacent to an activating group) is 1. The van der Waals surface area contributed by atoms with Gasteiger partial charge in [-0.1, -0.05) is 0 Å². The average molecular weight is 183 g/mol. The number of aromatic nitrogens is 2. The monoisotopic (exact) mass is 183 g/mol. The van der Waals surface area contributed by atoms with Gasteiger partial charge in [-0.05, 0) is 20.9 Å². The Bertz CT molecular complexity index is 261. The molecule has 1 atom stereocenters. The first-order valence-corrected chi connectivity index (χ1v) is 4.17. The maximum Gasteiger partial charge on any atom is 0.161 e. The third-order valence-electron chi connectivity index (χ3n) is 2.12. The summed E-state index contributed by atoms with van der Waals surface area (Å²) in [5.74, 6) is 0. The van der Waals surface area contributed by atoms with Crippen molar-refractivity contribution in [3.8, 4) is 0 Å². The van der Waals surface area contributed by atoms with E-state index in [1.165, 1.54) is 18.6 Å². The van der Waals surface area contributed by atoms with Gasteiger partial charge in [-0.2, -0.15) is 0 Å². The highest BCUT2D eigenvalue weighted by atomic mass is 19.1. The van der Waals surface area contributed by atoms with Gasteiger partial charge in [-0.15, -0.1) is 0 Å². The van der Waals surface area contributed by atoms with Gasteiger partial charge in [0.2, 0.25) is 0 Å². The Morgan fingerprint density at radius 2 is 2.15 bits per heavy atom. The number of rotatable bonds is 3. The van der Waals surface area contributed by atoms with Gasteiger partial charge in [-0.25, -0.2) is 4.39 Å². The van der Waals surface area contributed by atoms with E-state index in [4.69, 9.17) is 0 Å². The van der Waals surface area contributed by atoms with Gasteiger partial charge in [0.15, 0.2) is 6.17 Å². The Morgan fingerprint density at radius 1 is 1.46 bits per heavy atom. The number of nitrogens with one attached hydrogen (secondary N) is 1. The second-order valence-electron chi connectivity index (χ2n) is 3.46. The highest BCUT2D eigenvalue weighted by Gasteiger charge is 2.30. The van der Waals surface area contributed by atoms with E-state index in [2.05, 4.69) is 15.3 Å². The van der Waals surface area contributed by atoms with Crippen molar-refractivity contribution >= 4 is 0 Å². The lowest BCUT2D eigenvalue weighted by molar-refractivity contribution is 0.186. The number of nitrogens with zero attached hydrogens (tertiary/aromatic N) is 2. The normalized spacial score (nSPS) is 14.2. The van der Waals surface area contributed by atoms with E-state index in [0.717, 1.165) is 0 Å². The van der Waals surface area contributed by atoms with Gasteiger partial charge in [0.1, 0.15) is 0 Å². The van der Waals surface area contributed by atoms with E-state index in [0.29, 0.717) is 5.69 Å². The van der Waals surface area contributed by atoms with Crippen molar-refractivity contribution in [3.63, 3.8) is 0 Å². The summed E-state index contributed by atoms with van der Waals surface area (Å²) in [6.45, 7) is 3.57. The highest BCUT2D eigenvalue weighted by Crippen LogP contribution is 2.26. The molecule has 0 aliphatic rings. The van der Waals surface area contributed by atoms with Crippen LogP contribution in [0, 0.1) is 0 Å². The van der Waals surface area contributed by atoms with Gasteiger partial charge in [-0.3, -0.25) is 9.97 Å². The Morgan fingerprint density at radius 3 is 2.62 bits per heavy atom. The molecule has 1 N–H and O–H groups in total. The fraction of sp³-hybridized carbons (Fsp3) is 0.556. The lowest BCUT2D eigenvalue weighted by Crippen LogP contribution is -2.41. The van der Waals surface area contributed by atoms with Crippen molar-refractivity contribution in [2.45, 2.75) is 25.6 Å². The van der Waals surface area contributed by atoms with Crippen molar-refractivity contribution in [2.75, 3.05) is 7.05 Å². The van der Waals surface area contributed by atoms with Crippen LogP contribution in [0.2, 0.25) is 0 Å². The molecule has 13 heavy (non-hydrogen) atoms. The zero-order valence-electron chi connectivity index (χ0n) is 8.08. The molecule has 1 unspecified atom stereocenters. The molecular formula is C9H14FN3. The first kappa shape index (κ1) is 10.1. The van der Waals surface area contributed by atoms with E-state index in [9.17, 15) is 4.39 Å². The minimum Gasteiger partial charge on any atom is -0.312 e. The molecule has 0 amide bonds. The Hall–Kier alpha value is -1.03. The summed E-state index contributed by atoms with van der Waals surface area (Å²) in [5.41, 5.74) is -0.252. The second kappa shape index (κ2) is 3.79. The molecule has 0 saturated heterocycles. The van der Waals surface area contributed by atoms with E-state index < -0.39 is 11.7 Å². The molecule has 1 heterocycles. The quantitative estimate of drug-likeness (QED) is 0.771. The van der Waals surface area contributed by atoms with Crippen molar-refractivity contribution in [1.29, 1.82) is 0 Å². The first-order valence-electron chi connectivity index (χ1n) is 4.17. The van der Waals surface area contributed by atoms with Crippen molar-refractivity contribution < 1.29 is 4.39 Å². The van der Waals surface area contributed by atoms with Gasteiger partial charge in [0, 0.05) is 17.9 Å². The topological polar surface area (TPSA) is 37.8 Å². The Balaban J connectivity index is 2.85. The van der Waals surface area contributed by atoms with E-state index in [-0.39, 0.29) is 0 Å². The summed E-state index contributed by atoms with van der Waals surface area (Å²) in [5, 5.41) is 2.90. The molecule has 0 bridgehead atoms. The lowest BCUT2D eigenvalue weighted by atomic mass is 9.97. The maximum absolute atomic E-state index is 13.7. The summed E-state index contributed by atoms with van der Waals surface area (Å²) in [7, 11) is 1.73. The molecule has 0 aliphatic heterocycles. The van der Waals surface area contributed by atoms with Crippen LogP contribution < -0.4 is 5.32 Å². The van der Waals surface area contributed by atoms with Gasteiger partial charge < -0.3 is 5.32 Å². The molecule has 0 aromatic carbocycles. The average Bonchev–Trinajstić information content (AvgIpc) is 2.18. The van der Waals surface area contributed by atoms with Crippen LogP contribution in [0.25, 0.3) is 0 Å². The third-order valence-corrected chi connectivity index (χ3v) is 2.12. The van der Waals surface area contributed by atoms with Crippen LogP contribution >= 0.6 is 0 Å². The number of halogens is 1. The van der Waals surface area contributed by atoms with Crippen LogP contribution in [0.1, 0.15) is 25.7 Å². The third kappa shape index (κ3) is 2.21. The van der Waals surface area contributed by atoms with Crippen LogP contribution in [0.5, 0.6) is 0 Å². The molecule has 0 aliphatic carbocycles. The zero-order valence-corrected chi connectivity index (χ0v) is 8.08. The predicted octanol–water partition coefficient (Wildman–Crippen LogP) is 1.49. The molecule has 4 heteroatoms. The van der Waals surface area contributed by atoms with Gasteiger partial charge in [0.05, 0.1) is 11.9 Å². The van der Waals surface area contributed by atoms with E-state index >= 15 is 0 Å². The number of alkyl halides is 1.